The maximum atomic E-state index is 13.3. The molecule has 3 N–H and O–H groups in total. The number of nitrogens with one attached hydrogen (secondary N) is 2. The molecule has 1 aliphatic carbocycles. The Morgan fingerprint density at radius 2 is 1.45 bits per heavy atom. The third-order valence-corrected chi connectivity index (χ3v) is 9.85. The summed E-state index contributed by atoms with van der Waals surface area (Å²) in [6.45, 7) is 4.26. The number of para-hydroxylation sites is 1. The quantitative estimate of drug-likeness (QED) is 0.182. The van der Waals surface area contributed by atoms with E-state index in [0.717, 1.165) is 72.0 Å². The van der Waals surface area contributed by atoms with Gasteiger partial charge in [-0.2, -0.15) is 18.2 Å². The van der Waals surface area contributed by atoms with E-state index in [-0.39, 0.29) is 0 Å². The minimum absolute atomic E-state index is 0.333. The number of nitrogens with zero attached hydrogens (tertiary/aromatic N) is 4. The van der Waals surface area contributed by atoms with Gasteiger partial charge in [-0.3, -0.25) is 0 Å². The van der Waals surface area contributed by atoms with Crippen molar-refractivity contribution in [3.8, 4) is 0 Å². The molecule has 254 valence electrons. The lowest BCUT2D eigenvalue weighted by Crippen LogP contribution is -2.32. The number of rotatable bonds is 10. The number of hydrogen-bond acceptors (Lipinski definition) is 8. The molecule has 3 aromatic carbocycles. The van der Waals surface area contributed by atoms with Gasteiger partial charge < -0.3 is 20.2 Å². The van der Waals surface area contributed by atoms with Gasteiger partial charge in [0.15, 0.2) is 0 Å². The zero-order valence-electron chi connectivity index (χ0n) is 26.9. The highest BCUT2D eigenvalue weighted by Gasteiger charge is 2.38. The molecule has 4 aromatic rings. The van der Waals surface area contributed by atoms with E-state index in [1.54, 1.807) is 6.07 Å². The number of aromatic nitrogens is 2. The molecule has 1 saturated carbocycles. The Kier molecular flexibility index (Phi) is 11.5. The summed E-state index contributed by atoms with van der Waals surface area (Å²) < 4.78 is 61.3. The van der Waals surface area contributed by atoms with E-state index in [2.05, 4.69) is 35.0 Å². The Morgan fingerprint density at radius 1 is 0.872 bits per heavy atom. The minimum Gasteiger partial charge on any atom is -0.475 e. The molecule has 0 aliphatic heterocycles. The predicted octanol–water partition coefficient (Wildman–Crippen LogP) is 6.14. The molecule has 14 heteroatoms. The summed E-state index contributed by atoms with van der Waals surface area (Å²) in [5, 5.41) is 13.4. The van der Waals surface area contributed by atoms with Crippen molar-refractivity contribution >= 4 is 55.1 Å². The van der Waals surface area contributed by atoms with Gasteiger partial charge in [-0.25, -0.2) is 22.9 Å². The van der Waals surface area contributed by atoms with Crippen molar-refractivity contribution in [1.82, 2.24) is 14.7 Å². The van der Waals surface area contributed by atoms with E-state index in [9.17, 15) is 21.6 Å². The molecule has 1 fully saturated rings. The topological polar surface area (TPSA) is 128 Å². The van der Waals surface area contributed by atoms with Crippen LogP contribution in [0.1, 0.15) is 32.6 Å². The summed E-state index contributed by atoms with van der Waals surface area (Å²) in [6, 6.07) is 19.4. The van der Waals surface area contributed by atoms with Gasteiger partial charge in [-0.05, 0) is 68.7 Å². The van der Waals surface area contributed by atoms with Gasteiger partial charge in [-0.1, -0.05) is 36.4 Å². The van der Waals surface area contributed by atoms with Crippen LogP contribution in [0.4, 0.5) is 30.6 Å². The summed E-state index contributed by atoms with van der Waals surface area (Å²) in [4.78, 5) is 22.9. The van der Waals surface area contributed by atoms with E-state index >= 15 is 0 Å². The largest absolute Gasteiger partial charge is 0.490 e. The molecule has 0 atom stereocenters. The van der Waals surface area contributed by atoms with Crippen molar-refractivity contribution in [1.29, 1.82) is 0 Å². The highest BCUT2D eigenvalue weighted by Crippen LogP contribution is 2.32. The number of hydrogen-bond donors (Lipinski definition) is 3. The van der Waals surface area contributed by atoms with Crippen LogP contribution in [0.2, 0.25) is 0 Å². The lowest BCUT2D eigenvalue weighted by molar-refractivity contribution is -0.192. The number of sulfonamides is 1. The van der Waals surface area contributed by atoms with Crippen molar-refractivity contribution in [2.45, 2.75) is 43.7 Å². The van der Waals surface area contributed by atoms with Gasteiger partial charge in [0, 0.05) is 62.6 Å². The molecule has 1 aromatic heterocycles. The monoisotopic (exact) mass is 674 g/mol. The van der Waals surface area contributed by atoms with E-state index in [4.69, 9.17) is 19.9 Å². The third-order valence-electron chi connectivity index (χ3n) is 8.37. The summed E-state index contributed by atoms with van der Waals surface area (Å²) >= 11 is 0. The molecule has 0 spiro atoms. The summed E-state index contributed by atoms with van der Waals surface area (Å²) in [5.41, 5.74) is 1.94. The Balaban J connectivity index is 0.000000644. The fourth-order valence-corrected chi connectivity index (χ4v) is 6.99. The molecule has 0 bridgehead atoms. The van der Waals surface area contributed by atoms with E-state index < -0.39 is 22.2 Å². The Labute approximate surface area is 273 Å². The van der Waals surface area contributed by atoms with Crippen LogP contribution < -0.4 is 19.8 Å². The van der Waals surface area contributed by atoms with Crippen molar-refractivity contribution < 1.29 is 31.5 Å². The van der Waals surface area contributed by atoms with Gasteiger partial charge in [0.1, 0.15) is 5.82 Å². The average Bonchev–Trinajstić information content (AvgIpc) is 3.05. The number of benzene rings is 3. The Hall–Kier alpha value is -4.17. The second-order valence-corrected chi connectivity index (χ2v) is 13.6. The van der Waals surface area contributed by atoms with Crippen LogP contribution in [0.25, 0.3) is 21.7 Å². The number of carboxylic acid groups (broad SMARTS) is 1. The SMILES string of the molecule is CCN(C)c1nc(NCC2CCC(CNS(=O)(=O)c3cccc4c(N(C)C)cccc34)CC2)nc2ccccc12.O=C(O)C(F)(F)F. The molecular formula is C33H41F3N6O4S. The minimum atomic E-state index is -5.08. The highest BCUT2D eigenvalue weighted by atomic mass is 32.2. The number of anilines is 3. The third kappa shape index (κ3) is 9.01. The van der Waals surface area contributed by atoms with Crippen molar-refractivity contribution in [2.24, 2.45) is 11.8 Å². The maximum absolute atomic E-state index is 13.3. The summed E-state index contributed by atoms with van der Waals surface area (Å²) in [5.74, 6) is -0.308. The highest BCUT2D eigenvalue weighted by molar-refractivity contribution is 7.89. The number of carbonyl (C=O) groups is 1. The zero-order valence-corrected chi connectivity index (χ0v) is 27.7. The van der Waals surface area contributed by atoms with Gasteiger partial charge in [0.2, 0.25) is 16.0 Å². The molecular weight excluding hydrogens is 633 g/mol. The average molecular weight is 675 g/mol. The van der Waals surface area contributed by atoms with Crippen LogP contribution in [0, 0.1) is 11.8 Å². The lowest BCUT2D eigenvalue weighted by atomic mass is 9.82. The first kappa shape index (κ1) is 35.7. The van der Waals surface area contributed by atoms with Crippen LogP contribution in [-0.2, 0) is 14.8 Å². The van der Waals surface area contributed by atoms with Crippen molar-refractivity contribution in [2.75, 3.05) is 55.9 Å². The Bertz CT molecular complexity index is 1790. The predicted molar refractivity (Wildman–Crippen MR) is 180 cm³/mol. The van der Waals surface area contributed by atoms with Gasteiger partial charge >= 0.3 is 12.1 Å². The first-order valence-corrected chi connectivity index (χ1v) is 16.9. The first-order valence-electron chi connectivity index (χ1n) is 15.4. The van der Waals surface area contributed by atoms with Crippen LogP contribution >= 0.6 is 0 Å². The number of fused-ring (bicyclic) bond motifs is 2. The fourth-order valence-electron chi connectivity index (χ4n) is 5.65. The molecule has 10 nitrogen and oxygen atoms in total. The number of aliphatic carboxylic acids is 1. The fraction of sp³-hybridized carbons (Fsp3) is 0.424. The second kappa shape index (κ2) is 15.2. The summed E-state index contributed by atoms with van der Waals surface area (Å²) in [6.07, 6.45) is -0.987. The standard InChI is InChI=1S/C31H40N6O2S.C2HF3O2/c1-5-37(4)30-26-10-6-7-13-27(26)34-31(35-30)32-20-22-16-18-23(19-17-22)21-33-40(38,39)29-15-9-11-24-25(29)12-8-14-28(24)36(2)3;3-2(4,5)1(6)7/h6-15,22-23,33H,5,16-21H2,1-4H3,(H,32,34,35);(H,6,7). The van der Waals surface area contributed by atoms with Gasteiger partial charge in [-0.15, -0.1) is 0 Å². The van der Waals surface area contributed by atoms with Crippen LogP contribution in [0.3, 0.4) is 0 Å². The van der Waals surface area contributed by atoms with Crippen molar-refractivity contribution in [3.05, 3.63) is 60.7 Å². The molecule has 0 saturated heterocycles. The van der Waals surface area contributed by atoms with Gasteiger partial charge in [0.05, 0.1) is 10.4 Å². The van der Waals surface area contributed by atoms with Crippen LogP contribution in [0.15, 0.2) is 65.6 Å². The number of alkyl halides is 3. The zero-order chi connectivity index (χ0) is 34.4. The molecule has 1 aliphatic rings. The number of halogens is 3. The lowest BCUT2D eigenvalue weighted by Gasteiger charge is -2.29. The molecule has 0 unspecified atom stereocenters. The molecule has 47 heavy (non-hydrogen) atoms. The van der Waals surface area contributed by atoms with E-state index in [0.29, 0.717) is 29.2 Å². The maximum Gasteiger partial charge on any atom is 0.490 e. The van der Waals surface area contributed by atoms with Crippen molar-refractivity contribution in [3.63, 3.8) is 0 Å². The Morgan fingerprint density at radius 3 is 2.06 bits per heavy atom. The van der Waals surface area contributed by atoms with Crippen LogP contribution in [0.5, 0.6) is 0 Å². The van der Waals surface area contributed by atoms with E-state index in [1.165, 1.54) is 0 Å². The van der Waals surface area contributed by atoms with E-state index in [1.807, 2.05) is 67.5 Å². The summed E-state index contributed by atoms with van der Waals surface area (Å²) in [7, 11) is 2.37. The number of carboxylic acids is 1. The molecule has 1 heterocycles. The normalized spacial score (nSPS) is 16.7. The second-order valence-electron chi connectivity index (χ2n) is 11.8. The molecule has 0 radical (unpaired) electrons. The van der Waals surface area contributed by atoms with Crippen LogP contribution in [-0.4, -0.2) is 76.4 Å². The molecule has 5 rings (SSSR count). The van der Waals surface area contributed by atoms with Gasteiger partial charge in [0.25, 0.3) is 0 Å². The molecule has 0 amide bonds. The first-order chi connectivity index (χ1) is 22.2. The smallest absolute Gasteiger partial charge is 0.475 e.